The fourth-order valence-corrected chi connectivity index (χ4v) is 3.10. The molecule has 0 bridgehead atoms. The van der Waals surface area contributed by atoms with Gasteiger partial charge in [0.15, 0.2) is 0 Å². The third-order valence-corrected chi connectivity index (χ3v) is 4.05. The summed E-state index contributed by atoms with van der Waals surface area (Å²) in [6, 6.07) is 2.19. The van der Waals surface area contributed by atoms with Crippen molar-refractivity contribution in [3.8, 4) is 6.07 Å². The summed E-state index contributed by atoms with van der Waals surface area (Å²) in [4.78, 5) is 4.58. The molecule has 3 nitrogen and oxygen atoms in total. The van der Waals surface area contributed by atoms with Crippen LogP contribution in [0.3, 0.4) is 0 Å². The molecule has 1 aromatic heterocycles. The SMILES string of the molecule is Cn1c(C2CCCCC2)nc(Br)c1CC#N. The molecule has 0 aromatic carbocycles. The topological polar surface area (TPSA) is 41.6 Å². The Morgan fingerprint density at radius 2 is 2.12 bits per heavy atom. The average Bonchev–Trinajstić information content (AvgIpc) is 2.59. The minimum atomic E-state index is 0.427. The van der Waals surface area contributed by atoms with Crippen LogP contribution in [0.1, 0.15) is 49.5 Å². The smallest absolute Gasteiger partial charge is 0.128 e. The molecule has 1 aromatic rings. The van der Waals surface area contributed by atoms with Crippen LogP contribution in [-0.4, -0.2) is 9.55 Å². The van der Waals surface area contributed by atoms with Crippen LogP contribution in [0.4, 0.5) is 0 Å². The molecular formula is C12H16BrN3. The fourth-order valence-electron chi connectivity index (χ4n) is 2.51. The van der Waals surface area contributed by atoms with Crippen LogP contribution in [-0.2, 0) is 13.5 Å². The summed E-state index contributed by atoms with van der Waals surface area (Å²) in [6.07, 6.45) is 6.88. The predicted octanol–water partition coefficient (Wildman–Crippen LogP) is 3.30. The fraction of sp³-hybridized carbons (Fsp3) is 0.667. The van der Waals surface area contributed by atoms with Crippen LogP contribution in [0.5, 0.6) is 0 Å². The van der Waals surface area contributed by atoms with Gasteiger partial charge in [0, 0.05) is 13.0 Å². The predicted molar refractivity (Wildman–Crippen MR) is 66.1 cm³/mol. The molecule has 0 amide bonds. The van der Waals surface area contributed by atoms with Crippen LogP contribution < -0.4 is 0 Å². The molecule has 1 aliphatic carbocycles. The highest BCUT2D eigenvalue weighted by Gasteiger charge is 2.22. The Morgan fingerprint density at radius 1 is 1.44 bits per heavy atom. The quantitative estimate of drug-likeness (QED) is 0.835. The summed E-state index contributed by atoms with van der Waals surface area (Å²) in [5.41, 5.74) is 1.00. The molecule has 0 atom stereocenters. The first kappa shape index (κ1) is 11.7. The van der Waals surface area contributed by atoms with Crippen LogP contribution in [0.25, 0.3) is 0 Å². The van der Waals surface area contributed by atoms with E-state index in [0.717, 1.165) is 16.1 Å². The Hall–Kier alpha value is -0.820. The molecule has 0 saturated heterocycles. The highest BCUT2D eigenvalue weighted by molar-refractivity contribution is 9.10. The minimum Gasteiger partial charge on any atom is -0.333 e. The van der Waals surface area contributed by atoms with E-state index in [-0.39, 0.29) is 0 Å². The third kappa shape index (κ3) is 2.15. The Kier molecular flexibility index (Phi) is 3.65. The number of aromatic nitrogens is 2. The van der Waals surface area contributed by atoms with Crippen LogP contribution in [0.2, 0.25) is 0 Å². The average molecular weight is 282 g/mol. The molecule has 1 saturated carbocycles. The number of rotatable bonds is 2. The maximum absolute atomic E-state index is 8.78. The van der Waals surface area contributed by atoms with Crippen LogP contribution in [0.15, 0.2) is 4.60 Å². The lowest BCUT2D eigenvalue weighted by Crippen LogP contribution is -2.11. The first-order valence-electron chi connectivity index (χ1n) is 5.82. The lowest BCUT2D eigenvalue weighted by molar-refractivity contribution is 0.420. The van der Waals surface area contributed by atoms with E-state index in [0.29, 0.717) is 12.3 Å². The van der Waals surface area contributed by atoms with Gasteiger partial charge < -0.3 is 4.57 Å². The number of hydrogen-bond acceptors (Lipinski definition) is 2. The summed E-state index contributed by atoms with van der Waals surface area (Å²) >= 11 is 3.45. The number of imidazole rings is 1. The monoisotopic (exact) mass is 281 g/mol. The molecule has 0 N–H and O–H groups in total. The first-order chi connectivity index (χ1) is 7.74. The normalized spacial score (nSPS) is 17.3. The Morgan fingerprint density at radius 3 is 2.75 bits per heavy atom. The molecule has 0 spiro atoms. The van der Waals surface area contributed by atoms with Crippen molar-refractivity contribution >= 4 is 15.9 Å². The molecule has 1 fully saturated rings. The van der Waals surface area contributed by atoms with E-state index in [1.165, 1.54) is 32.1 Å². The van der Waals surface area contributed by atoms with Crippen molar-refractivity contribution in [3.05, 3.63) is 16.1 Å². The summed E-state index contributed by atoms with van der Waals surface area (Å²) in [7, 11) is 2.02. The van der Waals surface area contributed by atoms with E-state index in [9.17, 15) is 0 Å². The van der Waals surface area contributed by atoms with Crippen LogP contribution >= 0.6 is 15.9 Å². The van der Waals surface area contributed by atoms with Crippen molar-refractivity contribution in [3.63, 3.8) is 0 Å². The lowest BCUT2D eigenvalue weighted by atomic mass is 9.89. The van der Waals surface area contributed by atoms with Gasteiger partial charge in [-0.3, -0.25) is 0 Å². The summed E-state index contributed by atoms with van der Waals surface area (Å²) < 4.78 is 2.95. The zero-order valence-corrected chi connectivity index (χ0v) is 11.1. The van der Waals surface area contributed by atoms with Gasteiger partial charge >= 0.3 is 0 Å². The van der Waals surface area contributed by atoms with E-state index < -0.39 is 0 Å². The molecule has 0 aliphatic heterocycles. The van der Waals surface area contributed by atoms with Gasteiger partial charge in [-0.2, -0.15) is 5.26 Å². The number of nitriles is 1. The van der Waals surface area contributed by atoms with Gasteiger partial charge in [0.05, 0.1) is 18.2 Å². The van der Waals surface area contributed by atoms with Crippen LogP contribution in [0, 0.1) is 11.3 Å². The summed E-state index contributed by atoms with van der Waals surface area (Å²) in [6.45, 7) is 0. The van der Waals surface area contributed by atoms with Crippen molar-refractivity contribution < 1.29 is 0 Å². The van der Waals surface area contributed by atoms with Crippen molar-refractivity contribution in [2.75, 3.05) is 0 Å². The molecule has 86 valence electrons. The van der Waals surface area contributed by atoms with Gasteiger partial charge in [0.1, 0.15) is 10.4 Å². The highest BCUT2D eigenvalue weighted by atomic mass is 79.9. The van der Waals surface area contributed by atoms with Crippen molar-refractivity contribution in [2.24, 2.45) is 7.05 Å². The highest BCUT2D eigenvalue weighted by Crippen LogP contribution is 2.33. The van der Waals surface area contributed by atoms with E-state index >= 15 is 0 Å². The molecule has 4 heteroatoms. The van der Waals surface area contributed by atoms with E-state index in [1.807, 2.05) is 7.05 Å². The van der Waals surface area contributed by atoms with Crippen molar-refractivity contribution in [1.82, 2.24) is 9.55 Å². The van der Waals surface area contributed by atoms with Gasteiger partial charge in [-0.1, -0.05) is 19.3 Å². The van der Waals surface area contributed by atoms with Crippen molar-refractivity contribution in [2.45, 2.75) is 44.4 Å². The number of nitrogens with zero attached hydrogens (tertiary/aromatic N) is 3. The van der Waals surface area contributed by atoms with Gasteiger partial charge in [0.2, 0.25) is 0 Å². The van der Waals surface area contributed by atoms with E-state index in [4.69, 9.17) is 5.26 Å². The molecule has 1 aliphatic rings. The summed E-state index contributed by atoms with van der Waals surface area (Å²) in [5, 5.41) is 8.78. The zero-order chi connectivity index (χ0) is 11.5. The Labute approximate surface area is 105 Å². The lowest BCUT2D eigenvalue weighted by Gasteiger charge is -2.21. The first-order valence-corrected chi connectivity index (χ1v) is 6.61. The molecular weight excluding hydrogens is 266 g/mol. The molecule has 1 heterocycles. The number of hydrogen-bond donors (Lipinski definition) is 0. The van der Waals surface area contributed by atoms with Gasteiger partial charge in [-0.05, 0) is 28.8 Å². The van der Waals surface area contributed by atoms with E-state index in [1.54, 1.807) is 0 Å². The number of halogens is 1. The van der Waals surface area contributed by atoms with E-state index in [2.05, 4.69) is 31.6 Å². The maximum Gasteiger partial charge on any atom is 0.128 e. The largest absolute Gasteiger partial charge is 0.333 e. The van der Waals surface area contributed by atoms with Gasteiger partial charge in [-0.15, -0.1) is 0 Å². The van der Waals surface area contributed by atoms with Gasteiger partial charge in [0.25, 0.3) is 0 Å². The minimum absolute atomic E-state index is 0.427. The Balaban J connectivity index is 2.27. The molecule has 2 rings (SSSR count). The zero-order valence-electron chi connectivity index (χ0n) is 9.54. The standard InChI is InChI=1S/C12H16BrN3/c1-16-10(7-8-14)11(13)15-12(16)9-5-3-2-4-6-9/h9H,2-7H2,1H3. The second-order valence-corrected chi connectivity index (χ2v) is 5.19. The second kappa shape index (κ2) is 5.01. The maximum atomic E-state index is 8.78. The molecule has 16 heavy (non-hydrogen) atoms. The molecule has 0 radical (unpaired) electrons. The third-order valence-electron chi connectivity index (χ3n) is 3.42. The Bertz CT molecular complexity index is 411. The second-order valence-electron chi connectivity index (χ2n) is 4.44. The van der Waals surface area contributed by atoms with Gasteiger partial charge in [-0.25, -0.2) is 4.98 Å². The van der Waals surface area contributed by atoms with Crippen molar-refractivity contribution in [1.29, 1.82) is 5.26 Å². The molecule has 0 unspecified atom stereocenters. The summed E-state index contributed by atoms with van der Waals surface area (Å²) in [5.74, 6) is 1.74.